The predicted octanol–water partition coefficient (Wildman–Crippen LogP) is 3.52. The molecule has 0 aliphatic carbocycles. The number of benzene rings is 2. The monoisotopic (exact) mass is 309 g/mol. The quantitative estimate of drug-likeness (QED) is 0.852. The second-order valence-electron chi connectivity index (χ2n) is 6.02. The third-order valence-corrected chi connectivity index (χ3v) is 4.81. The van der Waals surface area contributed by atoms with Crippen molar-refractivity contribution in [3.05, 3.63) is 71.8 Å². The van der Waals surface area contributed by atoms with Crippen LogP contribution in [0.25, 0.3) is 0 Å². The van der Waals surface area contributed by atoms with Crippen molar-refractivity contribution in [2.24, 2.45) is 0 Å². The van der Waals surface area contributed by atoms with Gasteiger partial charge in [-0.1, -0.05) is 60.7 Å². The Labute approximate surface area is 135 Å². The first-order valence-electron chi connectivity index (χ1n) is 7.97. The van der Waals surface area contributed by atoms with Crippen molar-refractivity contribution in [3.8, 4) is 0 Å². The van der Waals surface area contributed by atoms with E-state index in [0.717, 1.165) is 17.5 Å². The highest BCUT2D eigenvalue weighted by atomic mass is 16.6. The number of hydrogen-bond donors (Lipinski definition) is 0. The Balaban J connectivity index is 1.92. The minimum Gasteiger partial charge on any atom is -0.431 e. The molecule has 2 aliphatic rings. The molecule has 0 radical (unpaired) electrons. The summed E-state index contributed by atoms with van der Waals surface area (Å²) < 4.78 is 11.7. The molecule has 4 nitrogen and oxygen atoms in total. The van der Waals surface area contributed by atoms with E-state index >= 15 is 0 Å². The fourth-order valence-electron chi connectivity index (χ4n) is 3.80. The van der Waals surface area contributed by atoms with Crippen molar-refractivity contribution in [2.45, 2.75) is 31.2 Å². The summed E-state index contributed by atoms with van der Waals surface area (Å²) in [5, 5.41) is 0. The van der Waals surface area contributed by atoms with Crippen LogP contribution in [0.3, 0.4) is 0 Å². The zero-order chi connectivity index (χ0) is 15.9. The van der Waals surface area contributed by atoms with Gasteiger partial charge < -0.3 is 9.47 Å². The topological polar surface area (TPSA) is 38.8 Å². The zero-order valence-electron chi connectivity index (χ0n) is 13.0. The number of carbonyl (C=O) groups is 1. The highest BCUT2D eigenvalue weighted by molar-refractivity contribution is 5.74. The minimum absolute atomic E-state index is 0.0662. The number of nitrogens with zero attached hydrogens (tertiary/aromatic N) is 1. The molecule has 0 aromatic heterocycles. The van der Waals surface area contributed by atoms with Gasteiger partial charge in [-0.25, -0.2) is 4.79 Å². The number of rotatable bonds is 2. The van der Waals surface area contributed by atoms with Crippen LogP contribution in [0.2, 0.25) is 0 Å². The zero-order valence-corrected chi connectivity index (χ0v) is 13.0. The summed E-state index contributed by atoms with van der Waals surface area (Å²) in [6.45, 7) is 2.53. The fraction of sp³-hybridized carbons (Fsp3) is 0.316. The van der Waals surface area contributed by atoms with E-state index in [4.69, 9.17) is 9.47 Å². The summed E-state index contributed by atoms with van der Waals surface area (Å²) in [6.07, 6.45) is 0.172. The molecule has 0 saturated carbocycles. The van der Waals surface area contributed by atoms with Crippen LogP contribution >= 0.6 is 0 Å². The third kappa shape index (κ3) is 2.05. The van der Waals surface area contributed by atoms with E-state index in [1.54, 1.807) is 4.90 Å². The van der Waals surface area contributed by atoms with Crippen LogP contribution in [0.1, 0.15) is 24.5 Å². The maximum atomic E-state index is 12.6. The molecule has 118 valence electrons. The van der Waals surface area contributed by atoms with Crippen molar-refractivity contribution in [2.75, 3.05) is 6.61 Å². The molecule has 2 aliphatic heterocycles. The summed E-state index contributed by atoms with van der Waals surface area (Å²) in [6, 6.07) is 20.0. The van der Waals surface area contributed by atoms with Gasteiger partial charge in [-0.15, -0.1) is 0 Å². The Morgan fingerprint density at radius 3 is 2.13 bits per heavy atom. The molecule has 4 heteroatoms. The van der Waals surface area contributed by atoms with Crippen LogP contribution in [0, 0.1) is 0 Å². The minimum atomic E-state index is -0.780. The van der Waals surface area contributed by atoms with Crippen LogP contribution in [-0.4, -0.2) is 29.9 Å². The van der Waals surface area contributed by atoms with Crippen molar-refractivity contribution in [3.63, 3.8) is 0 Å². The first-order valence-corrected chi connectivity index (χ1v) is 7.97. The van der Waals surface area contributed by atoms with Gasteiger partial charge in [0.2, 0.25) is 0 Å². The average molecular weight is 309 g/mol. The van der Waals surface area contributed by atoms with Crippen molar-refractivity contribution >= 4 is 6.09 Å². The summed E-state index contributed by atoms with van der Waals surface area (Å²) in [5.41, 5.74) is 1.22. The molecular formula is C19H19NO3. The largest absolute Gasteiger partial charge is 0.431 e. The Bertz CT molecular complexity index is 662. The normalized spacial score (nSPS) is 25.8. The standard InChI is InChI=1S/C19H19NO3/c1-14-20-17(12-13-22-14)19(23-18(20)21,15-8-4-2-5-9-15)16-10-6-3-7-11-16/h2-11,14,17H,12-13H2,1H3. The van der Waals surface area contributed by atoms with Gasteiger partial charge in [-0.3, -0.25) is 4.90 Å². The van der Waals surface area contributed by atoms with E-state index in [2.05, 4.69) is 0 Å². The van der Waals surface area contributed by atoms with E-state index in [0.29, 0.717) is 6.61 Å². The van der Waals surface area contributed by atoms with Gasteiger partial charge in [-0.05, 0) is 13.3 Å². The van der Waals surface area contributed by atoms with Gasteiger partial charge in [0.1, 0.15) is 6.23 Å². The number of amides is 1. The van der Waals surface area contributed by atoms with Crippen molar-refractivity contribution < 1.29 is 14.3 Å². The molecule has 23 heavy (non-hydrogen) atoms. The van der Waals surface area contributed by atoms with Crippen LogP contribution in [0.5, 0.6) is 0 Å². The summed E-state index contributed by atoms with van der Waals surface area (Å²) in [4.78, 5) is 14.3. The first-order chi connectivity index (χ1) is 11.2. The third-order valence-electron chi connectivity index (χ3n) is 4.81. The lowest BCUT2D eigenvalue weighted by atomic mass is 9.78. The average Bonchev–Trinajstić information content (AvgIpc) is 2.92. The van der Waals surface area contributed by atoms with E-state index in [-0.39, 0.29) is 18.4 Å². The molecule has 2 unspecified atom stereocenters. The van der Waals surface area contributed by atoms with Crippen LogP contribution in [0.15, 0.2) is 60.7 Å². The molecule has 1 amide bonds. The van der Waals surface area contributed by atoms with Gasteiger partial charge in [0.05, 0.1) is 12.6 Å². The number of hydrogen-bond acceptors (Lipinski definition) is 3. The molecule has 2 aromatic rings. The molecule has 0 N–H and O–H groups in total. The van der Waals surface area contributed by atoms with E-state index in [1.807, 2.05) is 67.6 Å². The summed E-state index contributed by atoms with van der Waals surface area (Å²) >= 11 is 0. The van der Waals surface area contributed by atoms with Gasteiger partial charge in [0.25, 0.3) is 0 Å². The lowest BCUT2D eigenvalue weighted by Crippen LogP contribution is -2.52. The first kappa shape index (κ1) is 14.3. The molecular weight excluding hydrogens is 290 g/mol. The SMILES string of the molecule is CC1OCCC2N1C(=O)OC2(c1ccccc1)c1ccccc1. The summed E-state index contributed by atoms with van der Waals surface area (Å²) in [7, 11) is 0. The van der Waals surface area contributed by atoms with Crippen molar-refractivity contribution in [1.82, 2.24) is 4.90 Å². The number of fused-ring (bicyclic) bond motifs is 1. The fourth-order valence-corrected chi connectivity index (χ4v) is 3.80. The molecule has 0 spiro atoms. The molecule has 2 fully saturated rings. The lowest BCUT2D eigenvalue weighted by molar-refractivity contribution is -0.0862. The Morgan fingerprint density at radius 1 is 1.00 bits per heavy atom. The highest BCUT2D eigenvalue weighted by Crippen LogP contribution is 2.47. The molecule has 2 saturated heterocycles. The predicted molar refractivity (Wildman–Crippen MR) is 85.8 cm³/mol. The van der Waals surface area contributed by atoms with Gasteiger partial charge >= 0.3 is 6.09 Å². The van der Waals surface area contributed by atoms with Crippen LogP contribution in [-0.2, 0) is 15.1 Å². The second-order valence-corrected chi connectivity index (χ2v) is 6.02. The maximum absolute atomic E-state index is 12.6. The Morgan fingerprint density at radius 2 is 1.57 bits per heavy atom. The Hall–Kier alpha value is -2.33. The molecule has 2 atom stereocenters. The van der Waals surface area contributed by atoms with Gasteiger partial charge in [0, 0.05) is 11.1 Å². The number of cyclic esters (lactones) is 1. The summed E-state index contributed by atoms with van der Waals surface area (Å²) in [5.74, 6) is 0. The maximum Gasteiger partial charge on any atom is 0.413 e. The smallest absolute Gasteiger partial charge is 0.413 e. The highest BCUT2D eigenvalue weighted by Gasteiger charge is 2.58. The van der Waals surface area contributed by atoms with Gasteiger partial charge in [0.15, 0.2) is 5.60 Å². The Kier molecular flexibility index (Phi) is 3.34. The van der Waals surface area contributed by atoms with Crippen molar-refractivity contribution in [1.29, 1.82) is 0 Å². The number of ether oxygens (including phenoxy) is 2. The molecule has 4 rings (SSSR count). The van der Waals surface area contributed by atoms with E-state index in [1.165, 1.54) is 0 Å². The van der Waals surface area contributed by atoms with E-state index < -0.39 is 5.60 Å². The second kappa shape index (κ2) is 5.39. The lowest BCUT2D eigenvalue weighted by Gasteiger charge is -2.40. The number of carbonyl (C=O) groups excluding carboxylic acids is 1. The van der Waals surface area contributed by atoms with Gasteiger partial charge in [-0.2, -0.15) is 0 Å². The van der Waals surface area contributed by atoms with Crippen LogP contribution < -0.4 is 0 Å². The molecule has 0 bridgehead atoms. The molecule has 2 aromatic carbocycles. The van der Waals surface area contributed by atoms with Crippen LogP contribution in [0.4, 0.5) is 4.79 Å². The van der Waals surface area contributed by atoms with E-state index in [9.17, 15) is 4.79 Å². The molecule has 2 heterocycles.